The Balaban J connectivity index is 1.68. The molecule has 2 nitrogen and oxygen atoms in total. The van der Waals surface area contributed by atoms with E-state index in [0.29, 0.717) is 0 Å². The molecule has 1 saturated carbocycles. The second-order valence-corrected chi connectivity index (χ2v) is 8.08. The predicted molar refractivity (Wildman–Crippen MR) is 111 cm³/mol. The fourth-order valence-corrected chi connectivity index (χ4v) is 4.79. The molecule has 1 fully saturated rings. The highest BCUT2D eigenvalue weighted by molar-refractivity contribution is 5.96. The summed E-state index contributed by atoms with van der Waals surface area (Å²) >= 11 is 0. The summed E-state index contributed by atoms with van der Waals surface area (Å²) in [4.78, 5) is 0. The molecule has 0 amide bonds. The Bertz CT molecular complexity index is 1130. The van der Waals surface area contributed by atoms with Gasteiger partial charge in [0.1, 0.15) is 12.6 Å². The van der Waals surface area contributed by atoms with Gasteiger partial charge in [-0.2, -0.15) is 0 Å². The zero-order valence-corrected chi connectivity index (χ0v) is 16.2. The van der Waals surface area contributed by atoms with E-state index in [2.05, 4.69) is 61.1 Å². The topological polar surface area (TPSA) is 17.0 Å². The van der Waals surface area contributed by atoms with Crippen LogP contribution in [0.3, 0.4) is 0 Å². The summed E-state index contributed by atoms with van der Waals surface area (Å²) in [6.07, 6.45) is 10.8. The van der Waals surface area contributed by atoms with Gasteiger partial charge in [0.15, 0.2) is 6.20 Å². The zero-order chi connectivity index (χ0) is 18.4. The monoisotopic (exact) mass is 356 g/mol. The predicted octanol–water partition coefficient (Wildman–Crippen LogP) is 6.43. The van der Waals surface area contributed by atoms with Crippen molar-refractivity contribution in [2.75, 3.05) is 0 Å². The summed E-state index contributed by atoms with van der Waals surface area (Å²) < 4.78 is 7.91. The highest BCUT2D eigenvalue weighted by Gasteiger charge is 2.21. The van der Waals surface area contributed by atoms with Gasteiger partial charge in [-0.25, -0.2) is 4.57 Å². The van der Waals surface area contributed by atoms with Gasteiger partial charge < -0.3 is 4.42 Å². The molecule has 2 aromatic heterocycles. The number of pyridine rings is 1. The van der Waals surface area contributed by atoms with Crippen LogP contribution in [0.2, 0.25) is 0 Å². The van der Waals surface area contributed by atoms with Crippen molar-refractivity contribution in [2.45, 2.75) is 44.9 Å². The maximum Gasteiger partial charge on any atom is 0.220 e. The maximum absolute atomic E-state index is 5.68. The molecule has 136 valence electrons. The summed E-state index contributed by atoms with van der Waals surface area (Å²) in [5.41, 5.74) is 6.25. The van der Waals surface area contributed by atoms with Crippen molar-refractivity contribution >= 4 is 21.7 Å². The Morgan fingerprint density at radius 2 is 1.78 bits per heavy atom. The molecule has 0 radical (unpaired) electrons. The van der Waals surface area contributed by atoms with Gasteiger partial charge >= 0.3 is 0 Å². The Labute approximate surface area is 160 Å². The molecular weight excluding hydrogens is 330 g/mol. The van der Waals surface area contributed by atoms with E-state index in [1.165, 1.54) is 70.6 Å². The van der Waals surface area contributed by atoms with Crippen molar-refractivity contribution in [3.63, 3.8) is 0 Å². The van der Waals surface area contributed by atoms with E-state index in [-0.39, 0.29) is 0 Å². The number of nitrogens with zero attached hydrogens (tertiary/aromatic N) is 1. The first-order valence-electron chi connectivity index (χ1n) is 10.1. The van der Waals surface area contributed by atoms with Crippen LogP contribution in [0.25, 0.3) is 33.0 Å². The lowest BCUT2D eigenvalue weighted by molar-refractivity contribution is -0.659. The highest BCUT2D eigenvalue weighted by atomic mass is 16.3. The average Bonchev–Trinajstić information content (AvgIpc) is 3.15. The van der Waals surface area contributed by atoms with Gasteiger partial charge in [-0.15, -0.1) is 0 Å². The van der Waals surface area contributed by atoms with Crippen molar-refractivity contribution in [1.29, 1.82) is 0 Å². The van der Waals surface area contributed by atoms with Crippen LogP contribution in [0.15, 0.2) is 59.3 Å². The lowest BCUT2D eigenvalue weighted by Crippen LogP contribution is -2.30. The Kier molecular flexibility index (Phi) is 4.00. The first kappa shape index (κ1) is 16.6. The van der Waals surface area contributed by atoms with Crippen LogP contribution in [0.1, 0.15) is 49.1 Å². The molecular formula is C25H26NO+. The van der Waals surface area contributed by atoms with Crippen molar-refractivity contribution in [3.8, 4) is 11.3 Å². The van der Waals surface area contributed by atoms with E-state index < -0.39 is 0 Å². The number of rotatable bonds is 2. The lowest BCUT2D eigenvalue weighted by Gasteiger charge is -2.22. The third-order valence-corrected chi connectivity index (χ3v) is 6.29. The number of aryl methyl sites for hydroxylation is 2. The Morgan fingerprint density at radius 3 is 2.63 bits per heavy atom. The molecule has 0 atom stereocenters. The van der Waals surface area contributed by atoms with Crippen molar-refractivity contribution in [2.24, 2.45) is 7.05 Å². The molecule has 1 aliphatic rings. The highest BCUT2D eigenvalue weighted by Crippen LogP contribution is 2.36. The molecule has 2 heteroatoms. The van der Waals surface area contributed by atoms with Crippen molar-refractivity contribution in [1.82, 2.24) is 0 Å². The van der Waals surface area contributed by atoms with Crippen LogP contribution < -0.4 is 4.57 Å². The number of furan rings is 1. The van der Waals surface area contributed by atoms with Gasteiger partial charge in [-0.3, -0.25) is 0 Å². The number of hydrogen-bond donors (Lipinski definition) is 0. The van der Waals surface area contributed by atoms with Gasteiger partial charge in [0, 0.05) is 11.5 Å². The van der Waals surface area contributed by atoms with E-state index in [1.807, 2.05) is 6.07 Å². The summed E-state index contributed by atoms with van der Waals surface area (Å²) in [5, 5.41) is 3.82. The Hall–Kier alpha value is -2.61. The van der Waals surface area contributed by atoms with Crippen molar-refractivity contribution in [3.05, 3.63) is 66.1 Å². The summed E-state index contributed by atoms with van der Waals surface area (Å²) in [6, 6.07) is 15.8. The Morgan fingerprint density at radius 1 is 0.926 bits per heavy atom. The number of aromatic nitrogens is 1. The molecule has 0 spiro atoms. The lowest BCUT2D eigenvalue weighted by atomic mass is 9.83. The average molecular weight is 356 g/mol. The second-order valence-electron chi connectivity index (χ2n) is 8.08. The van der Waals surface area contributed by atoms with Crippen LogP contribution >= 0.6 is 0 Å². The molecule has 5 rings (SSSR count). The van der Waals surface area contributed by atoms with Crippen LogP contribution in [0.5, 0.6) is 0 Å². The van der Waals surface area contributed by atoms with Gasteiger partial charge in [0.25, 0.3) is 0 Å². The minimum atomic E-state index is 0.738. The minimum Gasteiger partial charge on any atom is -0.464 e. The van der Waals surface area contributed by atoms with Crippen LogP contribution in [-0.4, -0.2) is 0 Å². The van der Waals surface area contributed by atoms with E-state index in [1.54, 1.807) is 6.26 Å². The fourth-order valence-electron chi connectivity index (χ4n) is 4.79. The smallest absolute Gasteiger partial charge is 0.220 e. The van der Waals surface area contributed by atoms with Gasteiger partial charge in [0.05, 0.1) is 17.2 Å². The standard InChI is InChI=1S/C25H26NO/c1-17-14-21-11-13-27-24(21)16-23(17)25-22-9-8-19(18-6-4-3-5-7-18)15-20(22)10-12-26(25)2/h8-16,18H,3-7H2,1-2H3/q+1. The SMILES string of the molecule is Cc1cc2ccoc2cc1-c1c2ccc(C3CCCCC3)cc2cc[n+]1C. The van der Waals surface area contributed by atoms with E-state index in [4.69, 9.17) is 4.42 Å². The molecule has 0 bridgehead atoms. The molecule has 27 heavy (non-hydrogen) atoms. The molecule has 0 unspecified atom stereocenters. The summed E-state index contributed by atoms with van der Waals surface area (Å²) in [5.74, 6) is 0.738. The normalized spacial score (nSPS) is 15.6. The summed E-state index contributed by atoms with van der Waals surface area (Å²) in [6.45, 7) is 2.19. The molecule has 4 aromatic rings. The first-order valence-corrected chi connectivity index (χ1v) is 10.1. The maximum atomic E-state index is 5.68. The number of fused-ring (bicyclic) bond motifs is 2. The molecule has 0 aliphatic heterocycles. The number of benzene rings is 2. The quantitative estimate of drug-likeness (QED) is 0.378. The van der Waals surface area contributed by atoms with Gasteiger partial charge in [-0.1, -0.05) is 31.4 Å². The van der Waals surface area contributed by atoms with E-state index in [0.717, 1.165) is 11.5 Å². The molecule has 0 N–H and O–H groups in total. The van der Waals surface area contributed by atoms with Gasteiger partial charge in [-0.05, 0) is 66.5 Å². The second kappa shape index (κ2) is 6.53. The third-order valence-electron chi connectivity index (χ3n) is 6.29. The minimum absolute atomic E-state index is 0.738. The van der Waals surface area contributed by atoms with E-state index >= 15 is 0 Å². The van der Waals surface area contributed by atoms with Gasteiger partial charge in [0.2, 0.25) is 5.69 Å². The third kappa shape index (κ3) is 2.84. The number of hydrogen-bond acceptors (Lipinski definition) is 1. The zero-order valence-electron chi connectivity index (χ0n) is 16.2. The summed E-state index contributed by atoms with van der Waals surface area (Å²) in [7, 11) is 2.13. The first-order chi connectivity index (χ1) is 13.2. The van der Waals surface area contributed by atoms with Crippen LogP contribution in [0.4, 0.5) is 0 Å². The van der Waals surface area contributed by atoms with E-state index in [9.17, 15) is 0 Å². The van der Waals surface area contributed by atoms with Crippen molar-refractivity contribution < 1.29 is 8.98 Å². The van der Waals surface area contributed by atoms with Crippen LogP contribution in [-0.2, 0) is 7.05 Å². The molecule has 2 heterocycles. The largest absolute Gasteiger partial charge is 0.464 e. The fraction of sp³-hybridized carbons (Fsp3) is 0.320. The van der Waals surface area contributed by atoms with Crippen LogP contribution in [0, 0.1) is 6.92 Å². The molecule has 1 aliphatic carbocycles. The molecule has 0 saturated heterocycles. The molecule has 2 aromatic carbocycles.